The van der Waals surface area contributed by atoms with Crippen LogP contribution in [0.3, 0.4) is 0 Å². The van der Waals surface area contributed by atoms with Gasteiger partial charge in [-0.1, -0.05) is 35.0 Å². The molecule has 1 aromatic carbocycles. The van der Waals surface area contributed by atoms with Gasteiger partial charge in [-0.15, -0.1) is 0 Å². The highest BCUT2D eigenvalue weighted by Crippen LogP contribution is 2.31. The number of rotatable bonds is 4. The zero-order valence-corrected chi connectivity index (χ0v) is 11.2. The summed E-state index contributed by atoms with van der Waals surface area (Å²) >= 11 is 0. The molecule has 4 nitrogen and oxygen atoms in total. The molecule has 0 radical (unpaired) electrons. The quantitative estimate of drug-likeness (QED) is 0.913. The first-order chi connectivity index (χ1) is 9.13. The molecule has 3 rings (SSSR count). The Kier molecular flexibility index (Phi) is 3.11. The maximum atomic E-state index is 6.19. The van der Waals surface area contributed by atoms with Crippen molar-refractivity contribution in [3.63, 3.8) is 0 Å². The second-order valence-corrected chi connectivity index (χ2v) is 5.66. The topological polar surface area (TPSA) is 64.9 Å². The minimum Gasteiger partial charge on any atom is -0.339 e. The minimum atomic E-state index is -0.104. The summed E-state index contributed by atoms with van der Waals surface area (Å²) in [6.07, 6.45) is 4.74. The molecule has 1 aliphatic rings. The first-order valence-electron chi connectivity index (χ1n) is 6.79. The Morgan fingerprint density at radius 3 is 2.63 bits per heavy atom. The summed E-state index contributed by atoms with van der Waals surface area (Å²) in [4.78, 5) is 4.44. The van der Waals surface area contributed by atoms with E-state index in [0.717, 1.165) is 18.7 Å². The van der Waals surface area contributed by atoms with Gasteiger partial charge in [0.1, 0.15) is 0 Å². The van der Waals surface area contributed by atoms with E-state index >= 15 is 0 Å². The van der Waals surface area contributed by atoms with Crippen molar-refractivity contribution < 1.29 is 4.52 Å². The van der Waals surface area contributed by atoms with E-state index in [1.165, 1.54) is 17.5 Å². The minimum absolute atomic E-state index is 0.104. The summed E-state index contributed by atoms with van der Waals surface area (Å²) in [6, 6.07) is 8.39. The Morgan fingerprint density at radius 2 is 2.00 bits per heavy atom. The lowest BCUT2D eigenvalue weighted by Gasteiger charge is -2.36. The fraction of sp³-hybridized carbons (Fsp3) is 0.467. The number of benzene rings is 1. The second kappa shape index (κ2) is 4.78. The zero-order valence-electron chi connectivity index (χ0n) is 11.2. The Labute approximate surface area is 113 Å². The number of hydrogen-bond acceptors (Lipinski definition) is 4. The van der Waals surface area contributed by atoms with E-state index in [-0.39, 0.29) is 5.54 Å². The molecule has 4 heteroatoms. The first kappa shape index (κ1) is 12.4. The molecule has 0 saturated heterocycles. The van der Waals surface area contributed by atoms with Gasteiger partial charge < -0.3 is 10.3 Å². The molecule has 1 aliphatic carbocycles. The van der Waals surface area contributed by atoms with Crippen molar-refractivity contribution in [2.45, 2.75) is 44.6 Å². The molecule has 1 saturated carbocycles. The van der Waals surface area contributed by atoms with Gasteiger partial charge in [-0.05, 0) is 31.7 Å². The molecule has 0 amide bonds. The van der Waals surface area contributed by atoms with Gasteiger partial charge in [0, 0.05) is 18.4 Å². The van der Waals surface area contributed by atoms with Crippen molar-refractivity contribution >= 4 is 0 Å². The van der Waals surface area contributed by atoms with E-state index in [0.29, 0.717) is 18.7 Å². The lowest BCUT2D eigenvalue weighted by atomic mass is 9.75. The third-order valence-electron chi connectivity index (χ3n) is 3.85. The Bertz CT molecular complexity index is 555. The van der Waals surface area contributed by atoms with Crippen molar-refractivity contribution in [1.29, 1.82) is 0 Å². The molecule has 0 aliphatic heterocycles. The molecular formula is C15H19N3O. The predicted octanol–water partition coefficient (Wildman–Crippen LogP) is 2.39. The highest BCUT2D eigenvalue weighted by atomic mass is 16.5. The summed E-state index contributed by atoms with van der Waals surface area (Å²) in [6.45, 7) is 2.08. The summed E-state index contributed by atoms with van der Waals surface area (Å²) < 4.78 is 5.29. The predicted molar refractivity (Wildman–Crippen MR) is 72.8 cm³/mol. The SMILES string of the molecule is Cc1ccc(Cc2noc(CC3(N)CCC3)n2)cc1. The van der Waals surface area contributed by atoms with Crippen molar-refractivity contribution in [3.05, 3.63) is 47.1 Å². The van der Waals surface area contributed by atoms with Gasteiger partial charge in [-0.25, -0.2) is 0 Å². The molecule has 0 atom stereocenters. The van der Waals surface area contributed by atoms with Crippen LogP contribution in [0.4, 0.5) is 0 Å². The average molecular weight is 257 g/mol. The second-order valence-electron chi connectivity index (χ2n) is 5.66. The van der Waals surface area contributed by atoms with Crippen LogP contribution in [0, 0.1) is 6.92 Å². The van der Waals surface area contributed by atoms with Gasteiger partial charge in [0.15, 0.2) is 5.82 Å². The van der Waals surface area contributed by atoms with Crippen LogP contribution in [0.1, 0.15) is 42.1 Å². The maximum Gasteiger partial charge on any atom is 0.228 e. The molecule has 1 aromatic heterocycles. The van der Waals surface area contributed by atoms with Crippen LogP contribution >= 0.6 is 0 Å². The molecule has 0 bridgehead atoms. The van der Waals surface area contributed by atoms with E-state index in [1.807, 2.05) is 0 Å². The summed E-state index contributed by atoms with van der Waals surface area (Å²) in [5.41, 5.74) is 8.54. The number of aryl methyl sites for hydroxylation is 1. The molecule has 1 fully saturated rings. The number of nitrogens with two attached hydrogens (primary N) is 1. The molecule has 100 valence electrons. The fourth-order valence-corrected chi connectivity index (χ4v) is 2.43. The number of hydrogen-bond donors (Lipinski definition) is 1. The normalized spacial score (nSPS) is 17.2. The van der Waals surface area contributed by atoms with Crippen LogP contribution in [-0.4, -0.2) is 15.7 Å². The monoisotopic (exact) mass is 257 g/mol. The number of aromatic nitrogens is 2. The molecule has 0 unspecified atom stereocenters. The van der Waals surface area contributed by atoms with Crippen molar-refractivity contribution in [3.8, 4) is 0 Å². The van der Waals surface area contributed by atoms with Gasteiger partial charge in [-0.3, -0.25) is 0 Å². The van der Waals surface area contributed by atoms with Gasteiger partial charge in [-0.2, -0.15) is 4.98 Å². The zero-order chi connectivity index (χ0) is 13.3. The standard InChI is InChI=1S/C15H19N3O/c1-11-3-5-12(6-4-11)9-13-17-14(19-18-13)10-15(16)7-2-8-15/h3-6H,2,7-10,16H2,1H3. The molecular weight excluding hydrogens is 238 g/mol. The van der Waals surface area contributed by atoms with E-state index in [1.54, 1.807) is 0 Å². The molecule has 2 N–H and O–H groups in total. The summed E-state index contributed by atoms with van der Waals surface area (Å²) in [5, 5.41) is 4.03. The lowest BCUT2D eigenvalue weighted by molar-refractivity contribution is 0.221. The van der Waals surface area contributed by atoms with Crippen LogP contribution in [0.2, 0.25) is 0 Å². The highest BCUT2D eigenvalue weighted by Gasteiger charge is 2.34. The van der Waals surface area contributed by atoms with Gasteiger partial charge in [0.25, 0.3) is 0 Å². The lowest BCUT2D eigenvalue weighted by Crippen LogP contribution is -2.48. The fourth-order valence-electron chi connectivity index (χ4n) is 2.43. The van der Waals surface area contributed by atoms with Crippen LogP contribution < -0.4 is 5.73 Å². The highest BCUT2D eigenvalue weighted by molar-refractivity contribution is 5.23. The van der Waals surface area contributed by atoms with Gasteiger partial charge >= 0.3 is 0 Å². The summed E-state index contributed by atoms with van der Waals surface area (Å²) in [7, 11) is 0. The van der Waals surface area contributed by atoms with Crippen LogP contribution in [0.5, 0.6) is 0 Å². The Hall–Kier alpha value is -1.68. The van der Waals surface area contributed by atoms with Crippen molar-refractivity contribution in [1.82, 2.24) is 10.1 Å². The molecule has 2 aromatic rings. The van der Waals surface area contributed by atoms with E-state index < -0.39 is 0 Å². The van der Waals surface area contributed by atoms with E-state index in [4.69, 9.17) is 10.3 Å². The van der Waals surface area contributed by atoms with Crippen molar-refractivity contribution in [2.75, 3.05) is 0 Å². The van der Waals surface area contributed by atoms with E-state index in [9.17, 15) is 0 Å². The van der Waals surface area contributed by atoms with Gasteiger partial charge in [0.05, 0.1) is 0 Å². The Balaban J connectivity index is 1.66. The van der Waals surface area contributed by atoms with Gasteiger partial charge in [0.2, 0.25) is 5.89 Å². The first-order valence-corrected chi connectivity index (χ1v) is 6.79. The molecule has 19 heavy (non-hydrogen) atoms. The number of nitrogens with zero attached hydrogens (tertiary/aromatic N) is 2. The molecule has 0 spiro atoms. The Morgan fingerprint density at radius 1 is 1.26 bits per heavy atom. The summed E-state index contributed by atoms with van der Waals surface area (Å²) in [5.74, 6) is 1.41. The van der Waals surface area contributed by atoms with Crippen LogP contribution in [0.25, 0.3) is 0 Å². The third kappa shape index (κ3) is 2.84. The maximum absolute atomic E-state index is 6.19. The molecule has 1 heterocycles. The smallest absolute Gasteiger partial charge is 0.228 e. The van der Waals surface area contributed by atoms with Crippen LogP contribution in [-0.2, 0) is 12.8 Å². The van der Waals surface area contributed by atoms with Crippen LogP contribution in [0.15, 0.2) is 28.8 Å². The third-order valence-corrected chi connectivity index (χ3v) is 3.85. The van der Waals surface area contributed by atoms with Crippen molar-refractivity contribution in [2.24, 2.45) is 5.73 Å². The van der Waals surface area contributed by atoms with E-state index in [2.05, 4.69) is 41.3 Å². The average Bonchev–Trinajstić information content (AvgIpc) is 2.77. The largest absolute Gasteiger partial charge is 0.339 e.